The molecule has 2 aliphatic carbocycles. The molecule has 7 fully saturated rings. The van der Waals surface area contributed by atoms with Crippen LogP contribution >= 0.6 is 11.6 Å². The summed E-state index contributed by atoms with van der Waals surface area (Å²) in [5.74, 6) is -1.57. The number of carbonyl (C=O) groups is 5. The molecule has 53 heavy (non-hydrogen) atoms. The van der Waals surface area contributed by atoms with Gasteiger partial charge in [-0.05, 0) is 50.9 Å². The van der Waals surface area contributed by atoms with Gasteiger partial charge in [-0.1, -0.05) is 33.1 Å². The van der Waals surface area contributed by atoms with E-state index in [1.54, 1.807) is 0 Å². The Kier molecular flexibility index (Phi) is 12.7. The van der Waals surface area contributed by atoms with Crippen molar-refractivity contribution in [1.29, 1.82) is 0 Å². The number of likely N-dealkylation sites (tertiary alicyclic amines) is 1. The molecule has 16 heteroatoms. The molecule has 0 spiro atoms. The third-order valence-corrected chi connectivity index (χ3v) is 13.8. The number of hydrogen-bond donors (Lipinski definition) is 6. The summed E-state index contributed by atoms with van der Waals surface area (Å²) in [7, 11) is 0. The number of carbonyl (C=O) groups excluding carboxylic acids is 5. The molecule has 10 atom stereocenters. The molecule has 7 aliphatic rings. The fourth-order valence-electron chi connectivity index (χ4n) is 10.3. The van der Waals surface area contributed by atoms with E-state index < -0.39 is 23.8 Å². The first-order chi connectivity index (χ1) is 25.6. The lowest BCUT2D eigenvalue weighted by Crippen LogP contribution is -2.67. The summed E-state index contributed by atoms with van der Waals surface area (Å²) in [6, 6.07) is 0.149. The Balaban J connectivity index is 0.806. The second-order valence-corrected chi connectivity index (χ2v) is 17.0. The van der Waals surface area contributed by atoms with Crippen LogP contribution in [0.3, 0.4) is 0 Å². The highest BCUT2D eigenvalue weighted by atomic mass is 35.5. The number of piperazine rings is 1. The van der Waals surface area contributed by atoms with Gasteiger partial charge in [-0.15, -0.1) is 11.6 Å². The Labute approximate surface area is 318 Å². The number of nitrogens with zero attached hydrogens (tertiary/aromatic N) is 4. The highest BCUT2D eigenvalue weighted by molar-refractivity contribution is 6.21. The van der Waals surface area contributed by atoms with E-state index in [4.69, 9.17) is 11.6 Å². The fourth-order valence-corrected chi connectivity index (χ4v) is 10.6. The molecule has 7 rings (SSSR count). The van der Waals surface area contributed by atoms with Crippen LogP contribution in [0, 0.1) is 17.8 Å². The van der Waals surface area contributed by atoms with E-state index in [1.807, 2.05) is 4.90 Å². The van der Waals surface area contributed by atoms with Crippen LogP contribution in [0.2, 0.25) is 0 Å². The minimum Gasteiger partial charge on any atom is -0.339 e. The van der Waals surface area contributed by atoms with Crippen LogP contribution in [-0.4, -0.2) is 150 Å². The second kappa shape index (κ2) is 17.3. The zero-order valence-electron chi connectivity index (χ0n) is 31.5. The molecule has 15 nitrogen and oxygen atoms in total. The van der Waals surface area contributed by atoms with Gasteiger partial charge in [0.05, 0.1) is 36.1 Å². The number of fused-ring (bicyclic) bond motifs is 2. The standard InChI is InChI=1S/C37H61ClN10O5/c1-3-22(4-2)28-19-30(48-34(43-28)26(38)20-41-48)42-24-9-8-23(18-24)40-21-32(50)46-16-14-45(15-17-46)13-12-39-27-7-5-6-25-33(27)37(53)47(36(25)52)29-10-11-31(49)44-35(29)51/h22-30,33-34,39-43H,3-21H2,1-2H3,(H,44,49,51)/t23-,24-,25?,26?,27?,28?,29?,30?,33?,34?/m0/s1. The number of nitrogens with one attached hydrogen (secondary N) is 6. The summed E-state index contributed by atoms with van der Waals surface area (Å²) in [6.45, 7) is 10.1. The monoisotopic (exact) mass is 760 g/mol. The predicted octanol–water partition coefficient (Wildman–Crippen LogP) is -0.343. The van der Waals surface area contributed by atoms with Crippen molar-refractivity contribution >= 4 is 41.1 Å². The largest absolute Gasteiger partial charge is 0.339 e. The minimum atomic E-state index is -0.895. The number of piperidine rings is 1. The Morgan fingerprint density at radius 3 is 2.45 bits per heavy atom. The van der Waals surface area contributed by atoms with E-state index >= 15 is 0 Å². The molecule has 5 saturated heterocycles. The van der Waals surface area contributed by atoms with Gasteiger partial charge in [0.2, 0.25) is 29.5 Å². The molecule has 5 heterocycles. The van der Waals surface area contributed by atoms with Gasteiger partial charge in [0.15, 0.2) is 0 Å². The normalized spacial score (nSPS) is 37.1. The number of hydrazine groups is 1. The smallest absolute Gasteiger partial charge is 0.249 e. The SMILES string of the molecule is CCC(CC)C1CC(N[C@H]2CC[C@H](NCC(=O)N3CCN(CCNC4CCCC5C(=O)N(C6CCC(=O)NC6=O)C(=O)C45)CC3)C2)N2NCC(Cl)C2N1. The molecule has 5 aliphatic heterocycles. The highest BCUT2D eigenvalue weighted by Crippen LogP contribution is 2.40. The minimum absolute atomic E-state index is 0.0437. The molecule has 2 saturated carbocycles. The number of alkyl halides is 1. The average molecular weight is 761 g/mol. The van der Waals surface area contributed by atoms with Crippen molar-refractivity contribution in [3.8, 4) is 0 Å². The van der Waals surface area contributed by atoms with Crippen LogP contribution in [0.25, 0.3) is 0 Å². The van der Waals surface area contributed by atoms with Gasteiger partial charge in [0, 0.05) is 76.4 Å². The quantitative estimate of drug-likeness (QED) is 0.107. The maximum atomic E-state index is 13.5. The maximum absolute atomic E-state index is 13.5. The zero-order chi connectivity index (χ0) is 37.2. The highest BCUT2D eigenvalue weighted by Gasteiger charge is 2.55. The third kappa shape index (κ3) is 8.47. The average Bonchev–Trinajstić information content (AvgIpc) is 3.84. The second-order valence-electron chi connectivity index (χ2n) is 16.4. The molecule has 296 valence electrons. The molecule has 6 N–H and O–H groups in total. The predicted molar refractivity (Wildman–Crippen MR) is 199 cm³/mol. The van der Waals surface area contributed by atoms with Crippen molar-refractivity contribution in [2.24, 2.45) is 17.8 Å². The molecular weight excluding hydrogens is 700 g/mol. The molecule has 0 aromatic carbocycles. The van der Waals surface area contributed by atoms with Crippen molar-refractivity contribution in [3.05, 3.63) is 0 Å². The van der Waals surface area contributed by atoms with E-state index in [-0.39, 0.29) is 60.2 Å². The van der Waals surface area contributed by atoms with Gasteiger partial charge in [-0.3, -0.25) is 55.1 Å². The molecule has 5 amide bonds. The van der Waals surface area contributed by atoms with Crippen LogP contribution in [-0.2, 0) is 24.0 Å². The fraction of sp³-hybridized carbons (Fsp3) is 0.865. The molecule has 8 unspecified atom stereocenters. The topological polar surface area (TPSA) is 170 Å². The van der Waals surface area contributed by atoms with Gasteiger partial charge in [0.25, 0.3) is 0 Å². The van der Waals surface area contributed by atoms with Gasteiger partial charge >= 0.3 is 0 Å². The van der Waals surface area contributed by atoms with E-state index in [0.29, 0.717) is 56.6 Å². The van der Waals surface area contributed by atoms with E-state index in [9.17, 15) is 24.0 Å². The van der Waals surface area contributed by atoms with Crippen LogP contribution in [0.15, 0.2) is 0 Å². The van der Waals surface area contributed by atoms with Crippen molar-refractivity contribution in [2.75, 3.05) is 52.4 Å². The lowest BCUT2D eigenvalue weighted by Gasteiger charge is -2.46. The summed E-state index contributed by atoms with van der Waals surface area (Å²) in [5, 5.41) is 19.6. The van der Waals surface area contributed by atoms with Crippen LogP contribution in [0.4, 0.5) is 0 Å². The molecular formula is C37H61ClN10O5. The number of rotatable bonds is 13. The maximum Gasteiger partial charge on any atom is 0.249 e. The van der Waals surface area contributed by atoms with Crippen LogP contribution in [0.5, 0.6) is 0 Å². The van der Waals surface area contributed by atoms with Crippen molar-refractivity contribution < 1.29 is 24.0 Å². The Morgan fingerprint density at radius 2 is 1.70 bits per heavy atom. The molecule has 0 bridgehead atoms. The lowest BCUT2D eigenvalue weighted by molar-refractivity contribution is -0.151. The Morgan fingerprint density at radius 1 is 0.925 bits per heavy atom. The van der Waals surface area contributed by atoms with Crippen molar-refractivity contribution in [1.82, 2.24) is 51.7 Å². The Bertz CT molecular complexity index is 1360. The first kappa shape index (κ1) is 39.0. The molecule has 0 radical (unpaired) electrons. The third-order valence-electron chi connectivity index (χ3n) is 13.4. The van der Waals surface area contributed by atoms with Crippen molar-refractivity contribution in [2.45, 2.75) is 132 Å². The summed E-state index contributed by atoms with van der Waals surface area (Å²) in [5.41, 5.74) is 3.53. The number of imide groups is 2. The summed E-state index contributed by atoms with van der Waals surface area (Å²) in [6.07, 6.45) is 9.49. The molecule has 0 aromatic heterocycles. The van der Waals surface area contributed by atoms with Crippen molar-refractivity contribution in [3.63, 3.8) is 0 Å². The number of halogens is 1. The summed E-state index contributed by atoms with van der Waals surface area (Å²) >= 11 is 6.71. The van der Waals surface area contributed by atoms with Crippen LogP contribution < -0.4 is 32.0 Å². The van der Waals surface area contributed by atoms with E-state index in [1.165, 1.54) is 0 Å². The van der Waals surface area contributed by atoms with E-state index in [2.05, 4.69) is 55.8 Å². The lowest BCUT2D eigenvalue weighted by atomic mass is 9.77. The molecule has 0 aromatic rings. The number of hydrogen-bond acceptors (Lipinski definition) is 12. The van der Waals surface area contributed by atoms with E-state index in [0.717, 1.165) is 82.4 Å². The Hall–Kier alpha value is -2.24. The van der Waals surface area contributed by atoms with Crippen LogP contribution in [0.1, 0.15) is 84.5 Å². The first-order valence-corrected chi connectivity index (χ1v) is 20.9. The zero-order valence-corrected chi connectivity index (χ0v) is 32.2. The number of amides is 5. The van der Waals surface area contributed by atoms with Gasteiger partial charge in [0.1, 0.15) is 6.04 Å². The van der Waals surface area contributed by atoms with Gasteiger partial charge in [-0.25, -0.2) is 5.01 Å². The van der Waals surface area contributed by atoms with Gasteiger partial charge < -0.3 is 15.5 Å². The summed E-state index contributed by atoms with van der Waals surface area (Å²) < 4.78 is 0. The first-order valence-electron chi connectivity index (χ1n) is 20.5. The summed E-state index contributed by atoms with van der Waals surface area (Å²) in [4.78, 5) is 69.6. The van der Waals surface area contributed by atoms with Gasteiger partial charge in [-0.2, -0.15) is 0 Å².